The number of halogens is 2. The Bertz CT molecular complexity index is 644. The summed E-state index contributed by atoms with van der Waals surface area (Å²) in [7, 11) is 1.79. The molecule has 19 heavy (non-hydrogen) atoms. The number of oxime groups is 1. The molecule has 0 atom stereocenters. The molecule has 2 aromatic rings. The van der Waals surface area contributed by atoms with Crippen molar-refractivity contribution in [3.63, 3.8) is 0 Å². The molecular weight excluding hydrogens is 335 g/mol. The third-order valence-corrected chi connectivity index (χ3v) is 4.10. The van der Waals surface area contributed by atoms with Crippen LogP contribution in [0.15, 0.2) is 43.9 Å². The van der Waals surface area contributed by atoms with E-state index in [9.17, 15) is 4.39 Å². The first-order chi connectivity index (χ1) is 9.02. The number of benzene rings is 1. The molecule has 0 aliphatic rings. The minimum absolute atomic E-state index is 0.149. The molecule has 0 radical (unpaired) electrons. The lowest BCUT2D eigenvalue weighted by Gasteiger charge is -2.07. The van der Waals surface area contributed by atoms with Gasteiger partial charge >= 0.3 is 0 Å². The first-order valence-corrected chi connectivity index (χ1v) is 6.76. The van der Waals surface area contributed by atoms with Gasteiger partial charge < -0.3 is 10.9 Å². The summed E-state index contributed by atoms with van der Waals surface area (Å²) in [4.78, 5) is 1.25. The topological polar surface area (TPSA) is 76.4 Å². The van der Waals surface area contributed by atoms with Gasteiger partial charge in [0.25, 0.3) is 0 Å². The third-order valence-electron chi connectivity index (χ3n) is 2.34. The van der Waals surface area contributed by atoms with Crippen LogP contribution >= 0.6 is 27.7 Å². The number of nitrogens with zero attached hydrogens (tertiary/aromatic N) is 3. The highest BCUT2D eigenvalue weighted by molar-refractivity contribution is 9.10. The van der Waals surface area contributed by atoms with Gasteiger partial charge in [0.1, 0.15) is 0 Å². The summed E-state index contributed by atoms with van der Waals surface area (Å²) in [6, 6.07) is 3.16. The number of hydrogen-bond donors (Lipinski definition) is 2. The highest BCUT2D eigenvalue weighted by atomic mass is 79.9. The summed E-state index contributed by atoms with van der Waals surface area (Å²) in [5.74, 6) is -0.610. The summed E-state index contributed by atoms with van der Waals surface area (Å²) in [5.41, 5.74) is 5.75. The van der Waals surface area contributed by atoms with E-state index < -0.39 is 5.82 Å². The maximum atomic E-state index is 14.2. The standard InChI is InChI=1S/C11H10BrFN4OS/c1-17-5-6(4-15-17)19-8-3-2-7(11(14)16-18)9(12)10(8)13/h2-5,18H,1H3,(H2,14,16). The van der Waals surface area contributed by atoms with Crippen molar-refractivity contribution in [1.29, 1.82) is 0 Å². The van der Waals surface area contributed by atoms with E-state index in [1.54, 1.807) is 36.3 Å². The van der Waals surface area contributed by atoms with E-state index in [4.69, 9.17) is 10.9 Å². The number of aryl methyl sites for hydroxylation is 1. The van der Waals surface area contributed by atoms with E-state index in [2.05, 4.69) is 26.2 Å². The Balaban J connectivity index is 2.36. The van der Waals surface area contributed by atoms with Gasteiger partial charge in [0.15, 0.2) is 11.7 Å². The zero-order valence-electron chi connectivity index (χ0n) is 9.84. The van der Waals surface area contributed by atoms with Crippen molar-refractivity contribution in [1.82, 2.24) is 9.78 Å². The Labute approximate surface area is 121 Å². The summed E-state index contributed by atoms with van der Waals surface area (Å²) in [6.45, 7) is 0. The molecule has 2 rings (SSSR count). The highest BCUT2D eigenvalue weighted by Crippen LogP contribution is 2.34. The van der Waals surface area contributed by atoms with E-state index in [0.29, 0.717) is 10.5 Å². The lowest BCUT2D eigenvalue weighted by atomic mass is 10.2. The maximum Gasteiger partial charge on any atom is 0.171 e. The average Bonchev–Trinajstić information content (AvgIpc) is 2.80. The monoisotopic (exact) mass is 344 g/mol. The van der Waals surface area contributed by atoms with Gasteiger partial charge in [-0.2, -0.15) is 5.10 Å². The van der Waals surface area contributed by atoms with Gasteiger partial charge in [-0.25, -0.2) is 4.39 Å². The SMILES string of the molecule is Cn1cc(Sc2ccc(/C(N)=N/O)c(Br)c2F)cn1. The third kappa shape index (κ3) is 2.90. The Morgan fingerprint density at radius 1 is 1.58 bits per heavy atom. The molecule has 1 heterocycles. The van der Waals surface area contributed by atoms with Crippen molar-refractivity contribution >= 4 is 33.5 Å². The van der Waals surface area contributed by atoms with E-state index in [1.807, 2.05) is 0 Å². The van der Waals surface area contributed by atoms with Crippen LogP contribution < -0.4 is 5.73 Å². The predicted octanol–water partition coefficient (Wildman–Crippen LogP) is 2.57. The second-order valence-electron chi connectivity index (χ2n) is 3.68. The molecule has 0 saturated carbocycles. The predicted molar refractivity (Wildman–Crippen MR) is 73.9 cm³/mol. The van der Waals surface area contributed by atoms with Crippen molar-refractivity contribution in [2.24, 2.45) is 17.9 Å². The molecule has 0 aliphatic heterocycles. The normalized spacial score (nSPS) is 11.8. The largest absolute Gasteiger partial charge is 0.409 e. The van der Waals surface area contributed by atoms with Crippen molar-refractivity contribution < 1.29 is 9.60 Å². The maximum absolute atomic E-state index is 14.2. The smallest absolute Gasteiger partial charge is 0.171 e. The fraction of sp³-hybridized carbons (Fsp3) is 0.0909. The van der Waals surface area contributed by atoms with Gasteiger partial charge in [0.05, 0.1) is 15.6 Å². The molecule has 0 amide bonds. The lowest BCUT2D eigenvalue weighted by Crippen LogP contribution is -2.14. The van der Waals surface area contributed by atoms with E-state index in [0.717, 1.165) is 4.90 Å². The molecule has 0 unspecified atom stereocenters. The molecule has 1 aromatic carbocycles. The number of nitrogens with two attached hydrogens (primary N) is 1. The molecule has 3 N–H and O–H groups in total. The van der Waals surface area contributed by atoms with Gasteiger partial charge in [0.2, 0.25) is 0 Å². The molecule has 0 spiro atoms. The molecule has 0 bridgehead atoms. The van der Waals surface area contributed by atoms with Gasteiger partial charge in [-0.1, -0.05) is 16.9 Å². The Morgan fingerprint density at radius 3 is 2.89 bits per heavy atom. The van der Waals surface area contributed by atoms with Crippen LogP contribution in [0.4, 0.5) is 4.39 Å². The Hall–Kier alpha value is -1.54. The van der Waals surface area contributed by atoms with Crippen LogP contribution in [-0.2, 0) is 7.05 Å². The van der Waals surface area contributed by atoms with Crippen molar-refractivity contribution in [3.8, 4) is 0 Å². The summed E-state index contributed by atoms with van der Waals surface area (Å²) < 4.78 is 16.0. The second kappa shape index (κ2) is 5.62. The molecule has 5 nitrogen and oxygen atoms in total. The average molecular weight is 345 g/mol. The second-order valence-corrected chi connectivity index (χ2v) is 5.58. The molecule has 0 aliphatic carbocycles. The van der Waals surface area contributed by atoms with Gasteiger partial charge in [0, 0.05) is 23.7 Å². The van der Waals surface area contributed by atoms with E-state index in [-0.39, 0.29) is 10.3 Å². The summed E-state index contributed by atoms with van der Waals surface area (Å²) in [6.07, 6.45) is 3.44. The Kier molecular flexibility index (Phi) is 4.11. The minimum Gasteiger partial charge on any atom is -0.409 e. The lowest BCUT2D eigenvalue weighted by molar-refractivity contribution is 0.318. The first-order valence-electron chi connectivity index (χ1n) is 5.15. The van der Waals surface area contributed by atoms with Crippen molar-refractivity contribution in [3.05, 3.63) is 40.4 Å². The molecule has 8 heteroatoms. The van der Waals surface area contributed by atoms with Crippen LogP contribution in [-0.4, -0.2) is 20.8 Å². The first kappa shape index (κ1) is 13.9. The fourth-order valence-electron chi connectivity index (χ4n) is 1.44. The van der Waals surface area contributed by atoms with Gasteiger partial charge in [-0.15, -0.1) is 0 Å². The molecule has 0 saturated heterocycles. The van der Waals surface area contributed by atoms with Gasteiger partial charge in [-0.05, 0) is 28.1 Å². The highest BCUT2D eigenvalue weighted by Gasteiger charge is 2.15. The van der Waals surface area contributed by atoms with Crippen LogP contribution in [0.3, 0.4) is 0 Å². The zero-order valence-corrected chi connectivity index (χ0v) is 12.2. The van der Waals surface area contributed by atoms with Crippen molar-refractivity contribution in [2.75, 3.05) is 0 Å². The quantitative estimate of drug-likeness (QED) is 0.388. The summed E-state index contributed by atoms with van der Waals surface area (Å²) >= 11 is 4.36. The Morgan fingerprint density at radius 2 is 2.32 bits per heavy atom. The van der Waals surface area contributed by atoms with Crippen LogP contribution in [0.2, 0.25) is 0 Å². The van der Waals surface area contributed by atoms with Crippen molar-refractivity contribution in [2.45, 2.75) is 9.79 Å². The minimum atomic E-state index is -0.460. The zero-order chi connectivity index (χ0) is 14.0. The van der Waals surface area contributed by atoms with E-state index in [1.165, 1.54) is 11.8 Å². The molecule has 1 aromatic heterocycles. The number of hydrogen-bond acceptors (Lipinski definition) is 4. The summed E-state index contributed by atoms with van der Waals surface area (Å²) in [5, 5.41) is 15.5. The van der Waals surface area contributed by atoms with Crippen LogP contribution in [0.25, 0.3) is 0 Å². The van der Waals surface area contributed by atoms with Crippen LogP contribution in [0, 0.1) is 5.82 Å². The van der Waals surface area contributed by atoms with Gasteiger partial charge in [-0.3, -0.25) is 4.68 Å². The van der Waals surface area contributed by atoms with Crippen LogP contribution in [0.5, 0.6) is 0 Å². The fourth-order valence-corrected chi connectivity index (χ4v) is 3.01. The molecular formula is C11H10BrFN4OS. The number of amidine groups is 1. The molecule has 0 fully saturated rings. The van der Waals surface area contributed by atoms with E-state index >= 15 is 0 Å². The van der Waals surface area contributed by atoms with Crippen LogP contribution in [0.1, 0.15) is 5.56 Å². The molecule has 100 valence electrons. The number of aromatic nitrogens is 2. The number of rotatable bonds is 3.